The molecule has 0 aromatic rings. The molecule has 0 aromatic heterocycles. The molecule has 19 heavy (non-hydrogen) atoms. The zero-order valence-electron chi connectivity index (χ0n) is 9.28. The van der Waals surface area contributed by atoms with Crippen LogP contribution in [0.25, 0.3) is 0 Å². The van der Waals surface area contributed by atoms with Crippen LogP contribution in [-0.4, -0.2) is 42.2 Å². The minimum absolute atomic E-state index is 0.299. The normalized spacial score (nSPS) is 20.6. The lowest BCUT2D eigenvalue weighted by atomic mass is 9.95. The summed E-state index contributed by atoms with van der Waals surface area (Å²) in [7, 11) is 0. The van der Waals surface area contributed by atoms with Crippen molar-refractivity contribution in [3.63, 3.8) is 0 Å². The highest BCUT2D eigenvalue weighted by Gasteiger charge is 2.66. The lowest BCUT2D eigenvalue weighted by molar-refractivity contribution is -0.287. The smallest absolute Gasteiger partial charge is 0.254 e. The molecule has 1 heterocycles. The zero-order chi connectivity index (χ0) is 15.1. The summed E-state index contributed by atoms with van der Waals surface area (Å²) in [6.45, 7) is -2.00. The largest absolute Gasteiger partial charge is 0.412 e. The van der Waals surface area contributed by atoms with Gasteiger partial charge in [-0.2, -0.15) is 35.1 Å². The molecular formula is C9H9F8NO. The summed E-state index contributed by atoms with van der Waals surface area (Å²) in [5, 5.41) is 0. The number of rotatable bonds is 3. The summed E-state index contributed by atoms with van der Waals surface area (Å²) < 4.78 is 100. The number of carbonyl (C=O) groups excluding carboxylic acids is 1. The quantitative estimate of drug-likeness (QED) is 0.453. The molecule has 0 saturated carbocycles. The van der Waals surface area contributed by atoms with Crippen molar-refractivity contribution in [2.75, 3.05) is 13.1 Å². The highest BCUT2D eigenvalue weighted by atomic mass is 19.4. The van der Waals surface area contributed by atoms with Crippen molar-refractivity contribution >= 4 is 6.04 Å². The zero-order valence-corrected chi connectivity index (χ0v) is 9.28. The second kappa shape index (κ2) is 4.88. The van der Waals surface area contributed by atoms with Crippen molar-refractivity contribution in [2.24, 2.45) is 5.92 Å². The van der Waals surface area contributed by atoms with E-state index in [9.17, 15) is 39.9 Å². The van der Waals surface area contributed by atoms with Crippen molar-refractivity contribution in [1.82, 2.24) is 4.90 Å². The second-order valence-corrected chi connectivity index (χ2v) is 4.19. The van der Waals surface area contributed by atoms with E-state index in [1.807, 2.05) is 0 Å². The number of halogens is 8. The molecule has 1 saturated heterocycles. The minimum atomic E-state index is -5.57. The van der Waals surface area contributed by atoms with Crippen LogP contribution < -0.4 is 0 Å². The molecule has 1 fully saturated rings. The van der Waals surface area contributed by atoms with E-state index in [0.29, 0.717) is 0 Å². The van der Waals surface area contributed by atoms with Crippen LogP contribution >= 0.6 is 0 Å². The van der Waals surface area contributed by atoms with Gasteiger partial charge in [-0.05, 0) is 12.8 Å². The van der Waals surface area contributed by atoms with Gasteiger partial charge in [0.15, 0.2) is 0 Å². The summed E-state index contributed by atoms with van der Waals surface area (Å²) in [5.74, 6) is -7.44. The van der Waals surface area contributed by atoms with Gasteiger partial charge in [0.05, 0.1) is 5.92 Å². The Morgan fingerprint density at radius 3 is 1.68 bits per heavy atom. The monoisotopic (exact) mass is 299 g/mol. The van der Waals surface area contributed by atoms with E-state index in [1.165, 1.54) is 0 Å². The van der Waals surface area contributed by atoms with Crippen LogP contribution in [0.15, 0.2) is 0 Å². The predicted octanol–water partition coefficient (Wildman–Crippen LogP) is 2.98. The minimum Gasteiger partial charge on any atom is -0.254 e. The summed E-state index contributed by atoms with van der Waals surface area (Å²) in [6.07, 6.45) is -6.22. The van der Waals surface area contributed by atoms with Gasteiger partial charge in [-0.3, -0.25) is 4.79 Å². The van der Waals surface area contributed by atoms with E-state index in [-0.39, 0.29) is 4.90 Å². The first-order valence-corrected chi connectivity index (χ1v) is 5.18. The molecule has 0 unspecified atom stereocenters. The first-order valence-electron chi connectivity index (χ1n) is 5.18. The van der Waals surface area contributed by atoms with Gasteiger partial charge < -0.3 is 0 Å². The number of carbonyl (C=O) groups is 1. The Bertz CT molecular complexity index is 345. The number of likely N-dealkylation sites (tertiary alicyclic amines) is 1. The third kappa shape index (κ3) is 2.98. The standard InChI is InChI=1S/C9H9F8NO/c10-6(19)7(11,12)9(16,17)18-3-1-5(2-4-18)8(13,14)15/h5H,1-4H2. The Balaban J connectivity index is 2.77. The van der Waals surface area contributed by atoms with Gasteiger partial charge in [0.2, 0.25) is 0 Å². The Morgan fingerprint density at radius 2 is 1.37 bits per heavy atom. The van der Waals surface area contributed by atoms with Crippen molar-refractivity contribution in [2.45, 2.75) is 31.0 Å². The number of hydrogen-bond donors (Lipinski definition) is 0. The lowest BCUT2D eigenvalue weighted by Gasteiger charge is -2.39. The van der Waals surface area contributed by atoms with Crippen LogP contribution in [0.2, 0.25) is 0 Å². The summed E-state index contributed by atoms with van der Waals surface area (Å²) in [5.41, 5.74) is 0. The van der Waals surface area contributed by atoms with Crippen LogP contribution in [0, 0.1) is 5.92 Å². The van der Waals surface area contributed by atoms with Gasteiger partial charge in [0.1, 0.15) is 0 Å². The van der Waals surface area contributed by atoms with Crippen LogP contribution in [0.5, 0.6) is 0 Å². The van der Waals surface area contributed by atoms with Gasteiger partial charge in [0.25, 0.3) is 0 Å². The predicted molar refractivity (Wildman–Crippen MR) is 46.4 cm³/mol. The molecule has 0 bridgehead atoms. The van der Waals surface area contributed by atoms with Gasteiger partial charge in [-0.25, -0.2) is 4.90 Å². The molecule has 0 radical (unpaired) electrons. The topological polar surface area (TPSA) is 20.3 Å². The molecule has 1 rings (SSSR count). The van der Waals surface area contributed by atoms with Crippen LogP contribution in [0.3, 0.4) is 0 Å². The van der Waals surface area contributed by atoms with Crippen LogP contribution in [0.1, 0.15) is 12.8 Å². The Kier molecular flexibility index (Phi) is 4.14. The Hall–Kier alpha value is -0.930. The Morgan fingerprint density at radius 1 is 0.947 bits per heavy atom. The van der Waals surface area contributed by atoms with E-state index < -0.39 is 56.0 Å². The van der Waals surface area contributed by atoms with Crippen LogP contribution in [-0.2, 0) is 4.79 Å². The lowest BCUT2D eigenvalue weighted by Crippen LogP contribution is -2.59. The fourth-order valence-corrected chi connectivity index (χ4v) is 1.80. The second-order valence-electron chi connectivity index (χ2n) is 4.19. The maximum atomic E-state index is 13.2. The van der Waals surface area contributed by atoms with Crippen molar-refractivity contribution < 1.29 is 39.9 Å². The molecule has 0 amide bonds. The first-order chi connectivity index (χ1) is 8.40. The molecule has 1 aliphatic heterocycles. The average Bonchev–Trinajstić information content (AvgIpc) is 2.27. The highest BCUT2D eigenvalue weighted by molar-refractivity contribution is 5.77. The Labute approximate surface area is 102 Å². The summed E-state index contributed by atoms with van der Waals surface area (Å²) >= 11 is 0. The van der Waals surface area contributed by atoms with Gasteiger partial charge in [-0.15, -0.1) is 0 Å². The number of hydrogen-bond acceptors (Lipinski definition) is 2. The van der Waals surface area contributed by atoms with E-state index in [2.05, 4.69) is 0 Å². The molecule has 10 heteroatoms. The molecule has 0 aromatic carbocycles. The van der Waals surface area contributed by atoms with E-state index in [0.717, 1.165) is 0 Å². The van der Waals surface area contributed by atoms with Gasteiger partial charge in [-0.1, -0.05) is 0 Å². The fraction of sp³-hybridized carbons (Fsp3) is 0.889. The van der Waals surface area contributed by atoms with Gasteiger partial charge in [0, 0.05) is 13.1 Å². The summed E-state index contributed by atoms with van der Waals surface area (Å²) in [4.78, 5) is 9.58. The van der Waals surface area contributed by atoms with Crippen molar-refractivity contribution in [1.29, 1.82) is 0 Å². The van der Waals surface area contributed by atoms with Gasteiger partial charge >= 0.3 is 24.2 Å². The number of nitrogens with zero attached hydrogens (tertiary/aromatic N) is 1. The number of alkyl halides is 7. The molecule has 0 N–H and O–H groups in total. The molecule has 2 nitrogen and oxygen atoms in total. The van der Waals surface area contributed by atoms with Crippen LogP contribution in [0.4, 0.5) is 35.1 Å². The molecule has 0 aliphatic carbocycles. The highest BCUT2D eigenvalue weighted by Crippen LogP contribution is 2.42. The van der Waals surface area contributed by atoms with Crippen molar-refractivity contribution in [3.05, 3.63) is 0 Å². The molecule has 0 atom stereocenters. The van der Waals surface area contributed by atoms with E-state index in [4.69, 9.17) is 0 Å². The van der Waals surface area contributed by atoms with E-state index >= 15 is 0 Å². The molecule has 1 aliphatic rings. The maximum absolute atomic E-state index is 13.2. The number of piperidine rings is 1. The molecule has 0 spiro atoms. The third-order valence-corrected chi connectivity index (χ3v) is 2.98. The van der Waals surface area contributed by atoms with E-state index in [1.54, 1.807) is 0 Å². The fourth-order valence-electron chi connectivity index (χ4n) is 1.80. The van der Waals surface area contributed by atoms with Crippen molar-refractivity contribution in [3.8, 4) is 0 Å². The molecule has 112 valence electrons. The SMILES string of the molecule is O=C(F)C(F)(F)C(F)(F)N1CCC(C(F)(F)F)CC1. The summed E-state index contributed by atoms with van der Waals surface area (Å²) in [6, 6.07) is -8.66. The third-order valence-electron chi connectivity index (χ3n) is 2.98. The maximum Gasteiger partial charge on any atom is 0.412 e. The molecular weight excluding hydrogens is 290 g/mol. The average molecular weight is 299 g/mol. The first kappa shape index (κ1) is 16.1.